The van der Waals surface area contributed by atoms with E-state index in [0.717, 1.165) is 12.1 Å². The van der Waals surface area contributed by atoms with Crippen molar-refractivity contribution in [2.45, 2.75) is 26.2 Å². The van der Waals surface area contributed by atoms with Crippen molar-refractivity contribution in [1.82, 2.24) is 0 Å². The van der Waals surface area contributed by atoms with Crippen LogP contribution in [-0.2, 0) is 0 Å². The highest BCUT2D eigenvalue weighted by atomic mass is 35.5. The summed E-state index contributed by atoms with van der Waals surface area (Å²) in [6, 6.07) is 10.9. The molecule has 0 heterocycles. The number of rotatable bonds is 5. The van der Waals surface area contributed by atoms with Gasteiger partial charge in [0.25, 0.3) is 5.91 Å². The van der Waals surface area contributed by atoms with Crippen LogP contribution >= 0.6 is 23.2 Å². The number of carbonyl (C=O) groups excluding carboxylic acids is 1. The van der Waals surface area contributed by atoms with Gasteiger partial charge in [-0.15, -0.1) is 0 Å². The summed E-state index contributed by atoms with van der Waals surface area (Å²) in [6.45, 7) is 4.33. The smallest absolute Gasteiger partial charge is 0.255 e. The van der Waals surface area contributed by atoms with E-state index < -0.39 is 0 Å². The molecular formula is C18H19Cl2NO2. The van der Waals surface area contributed by atoms with Crippen LogP contribution in [0.1, 0.15) is 42.1 Å². The summed E-state index contributed by atoms with van der Waals surface area (Å²) in [5.41, 5.74) is 2.36. The number of benzene rings is 2. The predicted molar refractivity (Wildman–Crippen MR) is 96.1 cm³/mol. The first-order chi connectivity index (χ1) is 11.0. The van der Waals surface area contributed by atoms with Gasteiger partial charge in [0, 0.05) is 11.3 Å². The van der Waals surface area contributed by atoms with Gasteiger partial charge < -0.3 is 10.1 Å². The molecule has 0 radical (unpaired) electrons. The number of nitrogens with one attached hydrogen (secondary N) is 1. The monoisotopic (exact) mass is 351 g/mol. The first-order valence-corrected chi connectivity index (χ1v) is 8.16. The van der Waals surface area contributed by atoms with E-state index in [1.54, 1.807) is 0 Å². The molecule has 0 spiro atoms. The molecule has 2 aromatic carbocycles. The van der Waals surface area contributed by atoms with E-state index in [1.807, 2.05) is 24.3 Å². The highest BCUT2D eigenvalue weighted by Gasteiger charge is 2.14. The van der Waals surface area contributed by atoms with Crippen LogP contribution in [0.3, 0.4) is 0 Å². The van der Waals surface area contributed by atoms with Gasteiger partial charge in [0.1, 0.15) is 0 Å². The Bertz CT molecular complexity index is 676. The van der Waals surface area contributed by atoms with Crippen LogP contribution in [0.5, 0.6) is 5.75 Å². The van der Waals surface area contributed by atoms with Gasteiger partial charge in [0.15, 0.2) is 5.75 Å². The Morgan fingerprint density at radius 1 is 1.17 bits per heavy atom. The van der Waals surface area contributed by atoms with Gasteiger partial charge in [-0.25, -0.2) is 0 Å². The van der Waals surface area contributed by atoms with Crippen molar-refractivity contribution in [2.75, 3.05) is 12.4 Å². The van der Waals surface area contributed by atoms with Crippen LogP contribution in [-0.4, -0.2) is 13.0 Å². The van der Waals surface area contributed by atoms with Crippen LogP contribution in [0, 0.1) is 0 Å². The third-order valence-corrected chi connectivity index (χ3v) is 4.38. The first kappa shape index (κ1) is 17.6. The Morgan fingerprint density at radius 2 is 1.74 bits per heavy atom. The second kappa shape index (κ2) is 7.71. The number of halogens is 2. The van der Waals surface area contributed by atoms with Gasteiger partial charge in [0.2, 0.25) is 0 Å². The van der Waals surface area contributed by atoms with Crippen molar-refractivity contribution in [2.24, 2.45) is 0 Å². The largest absolute Gasteiger partial charge is 0.494 e. The zero-order valence-corrected chi connectivity index (χ0v) is 14.8. The van der Waals surface area contributed by atoms with E-state index in [4.69, 9.17) is 27.9 Å². The zero-order chi connectivity index (χ0) is 17.0. The Labute approximate surface area is 146 Å². The third kappa shape index (κ3) is 4.18. The molecule has 0 aromatic heterocycles. The molecule has 3 nitrogen and oxygen atoms in total. The lowest BCUT2D eigenvalue weighted by molar-refractivity contribution is 0.102. The summed E-state index contributed by atoms with van der Waals surface area (Å²) in [5, 5.41) is 3.44. The minimum Gasteiger partial charge on any atom is -0.494 e. The summed E-state index contributed by atoms with van der Waals surface area (Å²) in [5.74, 6) is 0.592. The van der Waals surface area contributed by atoms with Crippen molar-refractivity contribution in [3.8, 4) is 5.75 Å². The van der Waals surface area contributed by atoms with Crippen LogP contribution in [0.15, 0.2) is 36.4 Å². The minimum absolute atomic E-state index is 0.271. The second-order valence-electron chi connectivity index (χ2n) is 5.36. The fraction of sp³-hybridized carbons (Fsp3) is 0.278. The number of hydrogen-bond donors (Lipinski definition) is 1. The van der Waals surface area contributed by atoms with E-state index in [1.165, 1.54) is 24.8 Å². The molecule has 1 N–H and O–H groups in total. The Balaban J connectivity index is 2.16. The lowest BCUT2D eigenvalue weighted by Gasteiger charge is -2.11. The molecule has 5 heteroatoms. The molecule has 0 aliphatic heterocycles. The quantitative estimate of drug-likeness (QED) is 0.742. The van der Waals surface area contributed by atoms with Crippen molar-refractivity contribution in [1.29, 1.82) is 0 Å². The fourth-order valence-corrected chi connectivity index (χ4v) is 2.86. The normalized spacial score (nSPS) is 11.9. The Morgan fingerprint density at radius 3 is 2.22 bits per heavy atom. The van der Waals surface area contributed by atoms with Gasteiger partial charge in [-0.1, -0.05) is 49.2 Å². The topological polar surface area (TPSA) is 38.3 Å². The fourth-order valence-electron chi connectivity index (χ4n) is 2.22. The number of methoxy groups -OCH3 is 1. The molecule has 0 saturated heterocycles. The molecule has 0 unspecified atom stereocenters. The van der Waals surface area contributed by atoms with Crippen molar-refractivity contribution >= 4 is 34.8 Å². The van der Waals surface area contributed by atoms with Crippen LogP contribution in [0.4, 0.5) is 5.69 Å². The zero-order valence-electron chi connectivity index (χ0n) is 13.3. The molecule has 0 aliphatic carbocycles. The molecule has 2 rings (SSSR count). The highest BCUT2D eigenvalue weighted by molar-refractivity contribution is 6.37. The van der Waals surface area contributed by atoms with Gasteiger partial charge >= 0.3 is 0 Å². The van der Waals surface area contributed by atoms with Crippen LogP contribution < -0.4 is 10.1 Å². The predicted octanol–water partition coefficient (Wildman–Crippen LogP) is 5.77. The summed E-state index contributed by atoms with van der Waals surface area (Å²) >= 11 is 12.1. The maximum absolute atomic E-state index is 12.3. The SMILES string of the molecule is CC[C@@H](C)c1ccc(NC(=O)c2cc(Cl)c(OC)c(Cl)c2)cc1. The number of ether oxygens (including phenoxy) is 1. The van der Waals surface area contributed by atoms with E-state index in [-0.39, 0.29) is 5.91 Å². The van der Waals surface area contributed by atoms with Crippen molar-refractivity contribution < 1.29 is 9.53 Å². The number of hydrogen-bond acceptors (Lipinski definition) is 2. The van der Waals surface area contributed by atoms with Gasteiger partial charge in [-0.3, -0.25) is 4.79 Å². The van der Waals surface area contributed by atoms with Crippen LogP contribution in [0.25, 0.3) is 0 Å². The standard InChI is InChI=1S/C18H19Cl2NO2/c1-4-11(2)12-5-7-14(8-6-12)21-18(22)13-9-15(19)17(23-3)16(20)10-13/h5-11H,4H2,1-3H3,(H,21,22)/t11-/m1/s1. The molecule has 1 atom stereocenters. The van der Waals surface area contributed by atoms with Crippen molar-refractivity contribution in [3.63, 3.8) is 0 Å². The minimum atomic E-state index is -0.271. The molecule has 2 aromatic rings. The van der Waals surface area contributed by atoms with Gasteiger partial charge in [-0.05, 0) is 42.2 Å². The summed E-state index contributed by atoms with van der Waals surface area (Å²) in [6.07, 6.45) is 1.08. The average Bonchev–Trinajstić information content (AvgIpc) is 2.54. The first-order valence-electron chi connectivity index (χ1n) is 7.40. The van der Waals surface area contributed by atoms with E-state index in [2.05, 4.69) is 19.2 Å². The Hall–Kier alpha value is -1.71. The summed E-state index contributed by atoms with van der Waals surface area (Å²) < 4.78 is 5.08. The number of amides is 1. The maximum Gasteiger partial charge on any atom is 0.255 e. The summed E-state index contributed by atoms with van der Waals surface area (Å²) in [7, 11) is 1.48. The second-order valence-corrected chi connectivity index (χ2v) is 6.17. The third-order valence-electron chi connectivity index (χ3n) is 3.81. The highest BCUT2D eigenvalue weighted by Crippen LogP contribution is 2.34. The molecule has 122 valence electrons. The lowest BCUT2D eigenvalue weighted by Crippen LogP contribution is -2.12. The van der Waals surface area contributed by atoms with Gasteiger partial charge in [0.05, 0.1) is 17.2 Å². The number of anilines is 1. The average molecular weight is 352 g/mol. The van der Waals surface area contributed by atoms with E-state index >= 15 is 0 Å². The summed E-state index contributed by atoms with van der Waals surface area (Å²) in [4.78, 5) is 12.3. The molecule has 0 fully saturated rings. The van der Waals surface area contributed by atoms with Crippen LogP contribution in [0.2, 0.25) is 10.0 Å². The molecule has 1 amide bonds. The Kier molecular flexibility index (Phi) is 5.91. The number of carbonyl (C=O) groups is 1. The van der Waals surface area contributed by atoms with Crippen molar-refractivity contribution in [3.05, 3.63) is 57.6 Å². The molecular weight excluding hydrogens is 333 g/mol. The molecule has 0 bridgehead atoms. The molecule has 0 saturated carbocycles. The van der Waals surface area contributed by atoms with E-state index in [9.17, 15) is 4.79 Å². The lowest BCUT2D eigenvalue weighted by atomic mass is 9.98. The maximum atomic E-state index is 12.3. The molecule has 23 heavy (non-hydrogen) atoms. The van der Waals surface area contributed by atoms with E-state index in [0.29, 0.717) is 27.3 Å². The molecule has 0 aliphatic rings. The van der Waals surface area contributed by atoms with Gasteiger partial charge in [-0.2, -0.15) is 0 Å².